The molecule has 0 heterocycles. The summed E-state index contributed by atoms with van der Waals surface area (Å²) < 4.78 is 0. The molecule has 1 aromatic rings. The average Bonchev–Trinajstić information content (AvgIpc) is 3.26. The Hall–Kier alpha value is -1.22. The Kier molecular flexibility index (Phi) is 3.63. The highest BCUT2D eigenvalue weighted by molar-refractivity contribution is 6.33. The Balaban J connectivity index is 1.84. The number of halogens is 1. The van der Waals surface area contributed by atoms with Gasteiger partial charge in [-0.2, -0.15) is 0 Å². The number of rotatable bonds is 4. The van der Waals surface area contributed by atoms with E-state index in [0.29, 0.717) is 10.9 Å². The molecular formula is C16H21ClN2O. The van der Waals surface area contributed by atoms with Gasteiger partial charge in [0.05, 0.1) is 10.7 Å². The number of hydrogen-bond donors (Lipinski definition) is 2. The second-order valence-corrected chi connectivity index (χ2v) is 6.65. The van der Waals surface area contributed by atoms with E-state index < -0.39 is 5.54 Å². The fraction of sp³-hybridized carbons (Fsp3) is 0.562. The van der Waals surface area contributed by atoms with Gasteiger partial charge in [0.15, 0.2) is 0 Å². The Morgan fingerprint density at radius 2 is 2.00 bits per heavy atom. The van der Waals surface area contributed by atoms with Crippen molar-refractivity contribution in [2.75, 3.05) is 5.32 Å². The third-order valence-corrected chi connectivity index (χ3v) is 5.13. The predicted octanol–water partition coefficient (Wildman–Crippen LogP) is 3.58. The van der Waals surface area contributed by atoms with Crippen LogP contribution in [0.2, 0.25) is 5.02 Å². The van der Waals surface area contributed by atoms with Crippen LogP contribution < -0.4 is 11.1 Å². The van der Waals surface area contributed by atoms with Crippen LogP contribution in [0.1, 0.15) is 38.5 Å². The van der Waals surface area contributed by atoms with Crippen LogP contribution in [-0.2, 0) is 4.79 Å². The highest BCUT2D eigenvalue weighted by Crippen LogP contribution is 2.47. The molecule has 2 saturated carbocycles. The summed E-state index contributed by atoms with van der Waals surface area (Å²) in [6, 6.07) is 7.55. The zero-order valence-corrected chi connectivity index (χ0v) is 12.3. The lowest BCUT2D eigenvalue weighted by molar-refractivity contribution is -0.123. The summed E-state index contributed by atoms with van der Waals surface area (Å²) in [4.78, 5) is 12.1. The van der Waals surface area contributed by atoms with Crippen molar-refractivity contribution < 1.29 is 4.79 Å². The first-order chi connectivity index (χ1) is 9.61. The molecule has 1 amide bonds. The van der Waals surface area contributed by atoms with E-state index in [9.17, 15) is 4.79 Å². The largest absolute Gasteiger partial charge is 0.370 e. The van der Waals surface area contributed by atoms with Gasteiger partial charge < -0.3 is 11.1 Å². The van der Waals surface area contributed by atoms with Gasteiger partial charge in [-0.05, 0) is 56.1 Å². The molecule has 0 aromatic heterocycles. The molecule has 0 radical (unpaired) electrons. The van der Waals surface area contributed by atoms with Crippen molar-refractivity contribution in [1.29, 1.82) is 0 Å². The number of primary amides is 1. The van der Waals surface area contributed by atoms with Gasteiger partial charge in [-0.15, -0.1) is 0 Å². The van der Waals surface area contributed by atoms with Crippen LogP contribution >= 0.6 is 11.6 Å². The lowest BCUT2D eigenvalue weighted by atomic mass is 9.73. The van der Waals surface area contributed by atoms with Crippen molar-refractivity contribution in [1.82, 2.24) is 0 Å². The van der Waals surface area contributed by atoms with E-state index in [1.165, 1.54) is 19.3 Å². The Labute approximate surface area is 124 Å². The number of anilines is 1. The fourth-order valence-electron chi connectivity index (χ4n) is 3.51. The summed E-state index contributed by atoms with van der Waals surface area (Å²) in [6.45, 7) is 0. The third kappa shape index (κ3) is 2.64. The van der Waals surface area contributed by atoms with Gasteiger partial charge in [0.25, 0.3) is 0 Å². The molecule has 0 bridgehead atoms. The van der Waals surface area contributed by atoms with E-state index in [1.54, 1.807) is 0 Å². The predicted molar refractivity (Wildman–Crippen MR) is 81.7 cm³/mol. The van der Waals surface area contributed by atoms with E-state index in [0.717, 1.165) is 30.9 Å². The summed E-state index contributed by atoms with van der Waals surface area (Å²) in [7, 11) is 0. The van der Waals surface area contributed by atoms with Crippen LogP contribution in [0.5, 0.6) is 0 Å². The van der Waals surface area contributed by atoms with E-state index in [1.807, 2.05) is 24.3 Å². The molecule has 20 heavy (non-hydrogen) atoms. The van der Waals surface area contributed by atoms with Gasteiger partial charge in [-0.3, -0.25) is 4.79 Å². The first kappa shape index (κ1) is 13.7. The normalized spacial score (nSPS) is 29.9. The first-order valence-corrected chi connectivity index (χ1v) is 7.81. The molecule has 0 aliphatic heterocycles. The Bertz CT molecular complexity index is 515. The number of amides is 1. The van der Waals surface area contributed by atoms with Crippen LogP contribution in [0.3, 0.4) is 0 Å². The summed E-state index contributed by atoms with van der Waals surface area (Å²) in [5, 5.41) is 4.01. The summed E-state index contributed by atoms with van der Waals surface area (Å²) in [6.07, 6.45) is 6.55. The maximum atomic E-state index is 12.1. The van der Waals surface area contributed by atoms with Gasteiger partial charge in [-0.25, -0.2) is 0 Å². The van der Waals surface area contributed by atoms with Crippen molar-refractivity contribution in [3.8, 4) is 0 Å². The van der Waals surface area contributed by atoms with Crippen LogP contribution in [-0.4, -0.2) is 11.4 Å². The SMILES string of the molecule is NC(=O)C1(Nc2ccccc2Cl)CCCC(C2CC2)C1. The second-order valence-electron chi connectivity index (χ2n) is 6.25. The number of nitrogens with two attached hydrogens (primary N) is 1. The zero-order chi connectivity index (χ0) is 14.2. The van der Waals surface area contributed by atoms with Crippen molar-refractivity contribution >= 4 is 23.2 Å². The van der Waals surface area contributed by atoms with Gasteiger partial charge in [0.1, 0.15) is 5.54 Å². The van der Waals surface area contributed by atoms with Crippen molar-refractivity contribution in [3.63, 3.8) is 0 Å². The quantitative estimate of drug-likeness (QED) is 0.891. The molecule has 1 aromatic carbocycles. The van der Waals surface area contributed by atoms with Crippen molar-refractivity contribution in [3.05, 3.63) is 29.3 Å². The molecule has 3 N–H and O–H groups in total. The molecule has 2 aliphatic carbocycles. The molecule has 0 spiro atoms. The topological polar surface area (TPSA) is 55.1 Å². The summed E-state index contributed by atoms with van der Waals surface area (Å²) in [5.74, 6) is 1.19. The third-order valence-electron chi connectivity index (χ3n) is 4.80. The van der Waals surface area contributed by atoms with Crippen LogP contribution in [0.25, 0.3) is 0 Å². The van der Waals surface area contributed by atoms with Crippen molar-refractivity contribution in [2.45, 2.75) is 44.1 Å². The Morgan fingerprint density at radius 3 is 2.65 bits per heavy atom. The van der Waals surface area contributed by atoms with E-state index in [2.05, 4.69) is 5.32 Å². The highest BCUT2D eigenvalue weighted by atomic mass is 35.5. The average molecular weight is 293 g/mol. The van der Waals surface area contributed by atoms with Gasteiger partial charge in [0.2, 0.25) is 5.91 Å². The standard InChI is InChI=1S/C16H21ClN2O/c17-13-5-1-2-6-14(13)19-16(15(18)20)9-3-4-12(10-16)11-7-8-11/h1-2,5-6,11-12,19H,3-4,7-10H2,(H2,18,20). The number of para-hydroxylation sites is 1. The fourth-order valence-corrected chi connectivity index (χ4v) is 3.69. The minimum Gasteiger partial charge on any atom is -0.370 e. The molecule has 108 valence electrons. The molecule has 2 unspecified atom stereocenters. The maximum absolute atomic E-state index is 12.1. The minimum absolute atomic E-state index is 0.247. The van der Waals surface area contributed by atoms with Gasteiger partial charge in [0, 0.05) is 0 Å². The molecule has 3 rings (SSSR count). The number of nitrogens with one attached hydrogen (secondary N) is 1. The minimum atomic E-state index is -0.628. The summed E-state index contributed by atoms with van der Waals surface area (Å²) >= 11 is 6.21. The van der Waals surface area contributed by atoms with E-state index in [4.69, 9.17) is 17.3 Å². The van der Waals surface area contributed by atoms with Crippen molar-refractivity contribution in [2.24, 2.45) is 17.6 Å². The van der Waals surface area contributed by atoms with E-state index >= 15 is 0 Å². The van der Waals surface area contributed by atoms with E-state index in [-0.39, 0.29) is 5.91 Å². The maximum Gasteiger partial charge on any atom is 0.243 e. The lowest BCUT2D eigenvalue weighted by Gasteiger charge is -2.40. The number of carbonyl (C=O) groups is 1. The van der Waals surface area contributed by atoms with Gasteiger partial charge >= 0.3 is 0 Å². The highest BCUT2D eigenvalue weighted by Gasteiger charge is 2.45. The summed E-state index contributed by atoms with van der Waals surface area (Å²) in [5.41, 5.74) is 5.92. The van der Waals surface area contributed by atoms with Crippen LogP contribution in [0.15, 0.2) is 24.3 Å². The van der Waals surface area contributed by atoms with Gasteiger partial charge in [-0.1, -0.05) is 30.2 Å². The smallest absolute Gasteiger partial charge is 0.243 e. The second kappa shape index (κ2) is 5.28. The number of benzene rings is 1. The Morgan fingerprint density at radius 1 is 1.25 bits per heavy atom. The number of carbonyl (C=O) groups excluding carboxylic acids is 1. The monoisotopic (exact) mass is 292 g/mol. The molecule has 2 fully saturated rings. The molecule has 3 nitrogen and oxygen atoms in total. The molecule has 0 saturated heterocycles. The molecule has 4 heteroatoms. The molecular weight excluding hydrogens is 272 g/mol. The lowest BCUT2D eigenvalue weighted by Crippen LogP contribution is -2.53. The molecule has 2 aliphatic rings. The number of hydrogen-bond acceptors (Lipinski definition) is 2. The zero-order valence-electron chi connectivity index (χ0n) is 11.6. The first-order valence-electron chi connectivity index (χ1n) is 7.43. The molecule has 2 atom stereocenters. The van der Waals surface area contributed by atoms with Crippen LogP contribution in [0.4, 0.5) is 5.69 Å². The van der Waals surface area contributed by atoms with Crippen LogP contribution in [0, 0.1) is 11.8 Å².